The number of hydrogen-bond acceptors (Lipinski definition) is 1. The summed E-state index contributed by atoms with van der Waals surface area (Å²) in [6.45, 7) is 3.69. The van der Waals surface area contributed by atoms with Gasteiger partial charge in [0.15, 0.2) is 0 Å². The number of aromatic nitrogens is 1. The maximum atomic E-state index is 11.7. The van der Waals surface area contributed by atoms with Gasteiger partial charge < -0.3 is 9.88 Å². The molecule has 2 heterocycles. The zero-order valence-corrected chi connectivity index (χ0v) is 10.6. The van der Waals surface area contributed by atoms with Gasteiger partial charge in [-0.2, -0.15) is 0 Å². The van der Waals surface area contributed by atoms with Gasteiger partial charge in [-0.25, -0.2) is 0 Å². The van der Waals surface area contributed by atoms with Crippen molar-refractivity contribution in [3.63, 3.8) is 0 Å². The van der Waals surface area contributed by atoms with Crippen LogP contribution in [0.5, 0.6) is 0 Å². The van der Waals surface area contributed by atoms with E-state index in [-0.39, 0.29) is 5.91 Å². The zero-order valence-electron chi connectivity index (χ0n) is 10.6. The molecule has 0 bridgehead atoms. The molecule has 1 fully saturated rings. The number of amides is 1. The van der Waals surface area contributed by atoms with Crippen molar-refractivity contribution in [1.29, 1.82) is 0 Å². The van der Waals surface area contributed by atoms with Crippen molar-refractivity contribution < 1.29 is 4.79 Å². The van der Waals surface area contributed by atoms with Crippen LogP contribution in [-0.4, -0.2) is 28.9 Å². The van der Waals surface area contributed by atoms with Crippen molar-refractivity contribution in [1.82, 2.24) is 9.88 Å². The van der Waals surface area contributed by atoms with Gasteiger partial charge in [0.05, 0.1) is 0 Å². The number of fused-ring (bicyclic) bond motifs is 1. The number of carbonyl (C=O) groups is 1. The molecule has 1 saturated heterocycles. The lowest BCUT2D eigenvalue weighted by atomic mass is 10.1. The molecule has 1 atom stereocenters. The number of rotatable bonds is 2. The van der Waals surface area contributed by atoms with Gasteiger partial charge in [-0.15, -0.1) is 0 Å². The van der Waals surface area contributed by atoms with E-state index in [0.29, 0.717) is 12.3 Å². The molecule has 1 aromatic heterocycles. The van der Waals surface area contributed by atoms with Crippen LogP contribution >= 0.6 is 0 Å². The molecule has 1 amide bonds. The molecule has 1 N–H and O–H groups in total. The molecule has 0 saturated carbocycles. The summed E-state index contributed by atoms with van der Waals surface area (Å²) in [7, 11) is 0. The highest BCUT2D eigenvalue weighted by atomic mass is 16.2. The third-order valence-corrected chi connectivity index (χ3v) is 3.83. The molecule has 1 aromatic carbocycles. The molecular weight excluding hydrogens is 224 g/mol. The van der Waals surface area contributed by atoms with Crippen molar-refractivity contribution in [2.45, 2.75) is 25.7 Å². The number of H-pyrrole nitrogens is 1. The molecule has 3 heteroatoms. The van der Waals surface area contributed by atoms with Crippen molar-refractivity contribution in [3.8, 4) is 0 Å². The topological polar surface area (TPSA) is 36.1 Å². The first-order valence-corrected chi connectivity index (χ1v) is 6.63. The molecular formula is C15H18N2O. The van der Waals surface area contributed by atoms with Crippen molar-refractivity contribution in [2.75, 3.05) is 13.1 Å². The minimum atomic E-state index is 0.272. The lowest BCUT2D eigenvalue weighted by molar-refractivity contribution is -0.129. The maximum absolute atomic E-state index is 11.7. The summed E-state index contributed by atoms with van der Waals surface area (Å²) < 4.78 is 0. The predicted molar refractivity (Wildman–Crippen MR) is 72.5 cm³/mol. The van der Waals surface area contributed by atoms with E-state index in [1.807, 2.05) is 17.9 Å². The Hall–Kier alpha value is -1.77. The molecule has 1 unspecified atom stereocenters. The number of nitrogens with one attached hydrogen (secondary N) is 1. The van der Waals surface area contributed by atoms with Crippen LogP contribution in [0.1, 0.15) is 31.4 Å². The van der Waals surface area contributed by atoms with E-state index in [1.54, 1.807) is 0 Å². The first kappa shape index (κ1) is 11.3. The van der Waals surface area contributed by atoms with Crippen LogP contribution in [0.2, 0.25) is 0 Å². The number of likely N-dealkylation sites (tertiary alicyclic amines) is 1. The first-order chi connectivity index (χ1) is 8.78. The third kappa shape index (κ3) is 1.90. The molecule has 0 radical (unpaired) electrons. The van der Waals surface area contributed by atoms with Crippen molar-refractivity contribution in [3.05, 3.63) is 36.0 Å². The lowest BCUT2D eigenvalue weighted by Gasteiger charge is -2.14. The second-order valence-electron chi connectivity index (χ2n) is 4.99. The first-order valence-electron chi connectivity index (χ1n) is 6.63. The summed E-state index contributed by atoms with van der Waals surface area (Å²) in [4.78, 5) is 17.1. The Labute approximate surface area is 107 Å². The Morgan fingerprint density at radius 2 is 2.28 bits per heavy atom. The quantitative estimate of drug-likeness (QED) is 0.863. The lowest BCUT2D eigenvalue weighted by Crippen LogP contribution is -2.27. The van der Waals surface area contributed by atoms with E-state index in [1.165, 1.54) is 16.6 Å². The molecule has 0 aliphatic carbocycles. The van der Waals surface area contributed by atoms with E-state index >= 15 is 0 Å². The number of hydrogen-bond donors (Lipinski definition) is 1. The summed E-state index contributed by atoms with van der Waals surface area (Å²) in [6, 6.07) is 10.5. The number of nitrogens with zero attached hydrogens (tertiary/aromatic N) is 1. The standard InChI is InChI=1S/C15H18N2O/c1-2-15(18)17-8-7-12(10-17)14-9-11-5-3-4-6-13(11)16-14/h3-6,9,12,16H,2,7-8,10H2,1H3. The SMILES string of the molecule is CCC(=O)N1CCC(c2cc3ccccc3[nH]2)C1. The molecule has 1 aliphatic heterocycles. The van der Waals surface area contributed by atoms with Crippen LogP contribution in [0.4, 0.5) is 0 Å². The highest BCUT2D eigenvalue weighted by Crippen LogP contribution is 2.29. The van der Waals surface area contributed by atoms with Crippen molar-refractivity contribution >= 4 is 16.8 Å². The van der Waals surface area contributed by atoms with E-state index in [9.17, 15) is 4.79 Å². The Balaban J connectivity index is 1.82. The van der Waals surface area contributed by atoms with Gasteiger partial charge >= 0.3 is 0 Å². The van der Waals surface area contributed by atoms with Gasteiger partial charge in [-0.3, -0.25) is 4.79 Å². The van der Waals surface area contributed by atoms with E-state index in [4.69, 9.17) is 0 Å². The average Bonchev–Trinajstić information content (AvgIpc) is 3.03. The summed E-state index contributed by atoms with van der Waals surface area (Å²) >= 11 is 0. The van der Waals surface area contributed by atoms with E-state index in [2.05, 4.69) is 29.2 Å². The molecule has 0 spiro atoms. The van der Waals surface area contributed by atoms with Crippen LogP contribution < -0.4 is 0 Å². The summed E-state index contributed by atoms with van der Waals surface area (Å²) in [5.41, 5.74) is 2.45. The van der Waals surface area contributed by atoms with Crippen LogP contribution in [0.15, 0.2) is 30.3 Å². The fraction of sp³-hybridized carbons (Fsp3) is 0.400. The second kappa shape index (κ2) is 4.48. The smallest absolute Gasteiger partial charge is 0.222 e. The Bertz CT molecular complexity index is 540. The van der Waals surface area contributed by atoms with Crippen molar-refractivity contribution in [2.24, 2.45) is 0 Å². The van der Waals surface area contributed by atoms with Crippen LogP contribution in [-0.2, 0) is 4.79 Å². The van der Waals surface area contributed by atoms with Crippen LogP contribution in [0.3, 0.4) is 0 Å². The molecule has 18 heavy (non-hydrogen) atoms. The number of benzene rings is 1. The second-order valence-corrected chi connectivity index (χ2v) is 4.99. The normalized spacial score (nSPS) is 19.6. The predicted octanol–water partition coefficient (Wildman–Crippen LogP) is 2.89. The third-order valence-electron chi connectivity index (χ3n) is 3.83. The van der Waals surface area contributed by atoms with E-state index < -0.39 is 0 Å². The molecule has 1 aliphatic rings. The Morgan fingerprint density at radius 1 is 1.44 bits per heavy atom. The fourth-order valence-corrected chi connectivity index (χ4v) is 2.78. The van der Waals surface area contributed by atoms with E-state index in [0.717, 1.165) is 19.5 Å². The largest absolute Gasteiger partial charge is 0.358 e. The number of para-hydroxylation sites is 1. The minimum absolute atomic E-state index is 0.272. The monoisotopic (exact) mass is 242 g/mol. The highest BCUT2D eigenvalue weighted by Gasteiger charge is 2.27. The highest BCUT2D eigenvalue weighted by molar-refractivity contribution is 5.80. The van der Waals surface area contributed by atoms with Gasteiger partial charge in [0, 0.05) is 36.6 Å². The summed E-state index contributed by atoms with van der Waals surface area (Å²) in [6.07, 6.45) is 1.68. The molecule has 3 nitrogen and oxygen atoms in total. The summed E-state index contributed by atoms with van der Waals surface area (Å²) in [5.74, 6) is 0.738. The Morgan fingerprint density at radius 3 is 3.06 bits per heavy atom. The van der Waals surface area contributed by atoms with Crippen LogP contribution in [0, 0.1) is 0 Å². The zero-order chi connectivity index (χ0) is 12.5. The van der Waals surface area contributed by atoms with Crippen LogP contribution in [0.25, 0.3) is 10.9 Å². The van der Waals surface area contributed by atoms with Gasteiger partial charge in [0.1, 0.15) is 0 Å². The average molecular weight is 242 g/mol. The molecule has 3 rings (SSSR count). The van der Waals surface area contributed by atoms with Gasteiger partial charge in [0.25, 0.3) is 0 Å². The molecule has 2 aromatic rings. The summed E-state index contributed by atoms with van der Waals surface area (Å²) in [5, 5.41) is 1.26. The maximum Gasteiger partial charge on any atom is 0.222 e. The fourth-order valence-electron chi connectivity index (χ4n) is 2.78. The molecule has 94 valence electrons. The Kier molecular flexibility index (Phi) is 2.82. The van der Waals surface area contributed by atoms with Gasteiger partial charge in [-0.1, -0.05) is 25.1 Å². The number of aromatic amines is 1. The van der Waals surface area contributed by atoms with Gasteiger partial charge in [0.2, 0.25) is 5.91 Å². The number of carbonyl (C=O) groups excluding carboxylic acids is 1. The minimum Gasteiger partial charge on any atom is -0.358 e. The van der Waals surface area contributed by atoms with Gasteiger partial charge in [-0.05, 0) is 23.9 Å².